The highest BCUT2D eigenvalue weighted by atomic mass is 32.1. The molecule has 1 N–H and O–H groups in total. The van der Waals surface area contributed by atoms with Crippen molar-refractivity contribution in [2.45, 2.75) is 32.6 Å². The van der Waals surface area contributed by atoms with Crippen molar-refractivity contribution >= 4 is 34.1 Å². The summed E-state index contributed by atoms with van der Waals surface area (Å²) in [6, 6.07) is 3.47. The zero-order chi connectivity index (χ0) is 22.0. The number of piperazine rings is 1. The Morgan fingerprint density at radius 1 is 1.13 bits per heavy atom. The van der Waals surface area contributed by atoms with Crippen LogP contribution < -0.4 is 5.32 Å². The van der Waals surface area contributed by atoms with Crippen molar-refractivity contribution in [1.29, 1.82) is 0 Å². The number of carbonyl (C=O) groups is 3. The predicted molar refractivity (Wildman–Crippen MR) is 117 cm³/mol. The second-order valence-electron chi connectivity index (χ2n) is 7.93. The number of anilines is 1. The summed E-state index contributed by atoms with van der Waals surface area (Å²) in [7, 11) is 1.37. The summed E-state index contributed by atoms with van der Waals surface area (Å²) in [5.74, 6) is 0.380. The van der Waals surface area contributed by atoms with Crippen molar-refractivity contribution in [3.63, 3.8) is 0 Å². The second kappa shape index (κ2) is 9.23. The van der Waals surface area contributed by atoms with Crippen LogP contribution in [-0.4, -0.2) is 67.4 Å². The van der Waals surface area contributed by atoms with Crippen molar-refractivity contribution in [3.05, 3.63) is 39.7 Å². The molecule has 2 amide bonds. The standard InChI is InChI=1S/C22H27N3O5S/c1-14-7-8-16(30-14)21(27)25-11-9-24(10-12-25)13-18(26)23-20-19(22(28)29-2)15-5-3-4-6-17(15)31-20/h7-8H,3-6,9-13H2,1-2H3,(H,23,26). The van der Waals surface area contributed by atoms with E-state index < -0.39 is 5.97 Å². The molecule has 0 bridgehead atoms. The van der Waals surface area contributed by atoms with Crippen molar-refractivity contribution in [2.75, 3.05) is 45.2 Å². The number of nitrogens with one attached hydrogen (secondary N) is 1. The molecule has 8 nitrogen and oxygen atoms in total. The summed E-state index contributed by atoms with van der Waals surface area (Å²) in [4.78, 5) is 42.5. The molecule has 31 heavy (non-hydrogen) atoms. The van der Waals surface area contributed by atoms with Crippen LogP contribution in [0.1, 0.15) is 50.0 Å². The first-order valence-corrected chi connectivity index (χ1v) is 11.4. The number of carbonyl (C=O) groups excluding carboxylic acids is 3. The monoisotopic (exact) mass is 445 g/mol. The maximum absolute atomic E-state index is 12.7. The Hall–Kier alpha value is -2.65. The molecule has 166 valence electrons. The molecule has 9 heteroatoms. The SMILES string of the molecule is COC(=O)c1c(NC(=O)CN2CCN(C(=O)c3ccc(C)o3)CC2)sc2c1CCCC2. The van der Waals surface area contributed by atoms with Gasteiger partial charge in [-0.1, -0.05) is 0 Å². The number of esters is 1. The maximum atomic E-state index is 12.7. The molecule has 3 heterocycles. The van der Waals surface area contributed by atoms with Gasteiger partial charge in [0, 0.05) is 31.1 Å². The number of furan rings is 1. The van der Waals surface area contributed by atoms with E-state index in [1.54, 1.807) is 17.0 Å². The number of aryl methyl sites for hydroxylation is 2. The molecule has 1 fully saturated rings. The van der Waals surface area contributed by atoms with Crippen molar-refractivity contribution in [1.82, 2.24) is 9.80 Å². The Morgan fingerprint density at radius 2 is 1.87 bits per heavy atom. The number of amides is 2. The van der Waals surface area contributed by atoms with Gasteiger partial charge in [0.05, 0.1) is 19.2 Å². The fourth-order valence-electron chi connectivity index (χ4n) is 4.16. The highest BCUT2D eigenvalue weighted by molar-refractivity contribution is 7.17. The van der Waals surface area contributed by atoms with E-state index in [1.165, 1.54) is 23.3 Å². The van der Waals surface area contributed by atoms with E-state index >= 15 is 0 Å². The Labute approximate surface area is 185 Å². The predicted octanol–water partition coefficient (Wildman–Crippen LogP) is 2.71. The largest absolute Gasteiger partial charge is 0.465 e. The minimum absolute atomic E-state index is 0.121. The first-order chi connectivity index (χ1) is 15.0. The molecule has 0 radical (unpaired) electrons. The van der Waals surface area contributed by atoms with E-state index in [2.05, 4.69) is 5.32 Å². The summed E-state index contributed by atoms with van der Waals surface area (Å²) in [6.45, 7) is 4.29. The molecule has 0 spiro atoms. The van der Waals surface area contributed by atoms with Crippen molar-refractivity contribution in [3.8, 4) is 0 Å². The van der Waals surface area contributed by atoms with Crippen LogP contribution in [0.2, 0.25) is 0 Å². The van der Waals surface area contributed by atoms with Crippen LogP contribution in [0.5, 0.6) is 0 Å². The zero-order valence-electron chi connectivity index (χ0n) is 17.9. The van der Waals surface area contributed by atoms with E-state index in [4.69, 9.17) is 9.15 Å². The molecule has 0 atom stereocenters. The van der Waals surface area contributed by atoms with Crippen LogP contribution in [0.4, 0.5) is 5.00 Å². The van der Waals surface area contributed by atoms with Gasteiger partial charge >= 0.3 is 5.97 Å². The molecule has 2 aliphatic rings. The van der Waals surface area contributed by atoms with E-state index in [1.807, 2.05) is 11.8 Å². The summed E-state index contributed by atoms with van der Waals surface area (Å²) in [5, 5.41) is 3.52. The lowest BCUT2D eigenvalue weighted by atomic mass is 9.95. The molecule has 0 unspecified atom stereocenters. The van der Waals surface area contributed by atoms with Gasteiger partial charge in [-0.15, -0.1) is 11.3 Å². The number of hydrogen-bond acceptors (Lipinski definition) is 7. The minimum atomic E-state index is -0.394. The van der Waals surface area contributed by atoms with Crippen LogP contribution in [0, 0.1) is 6.92 Å². The van der Waals surface area contributed by atoms with Gasteiger partial charge in [-0.2, -0.15) is 0 Å². The second-order valence-corrected chi connectivity index (χ2v) is 9.04. The normalized spacial score (nSPS) is 16.6. The van der Waals surface area contributed by atoms with Crippen LogP contribution in [-0.2, 0) is 22.4 Å². The quantitative estimate of drug-likeness (QED) is 0.712. The summed E-state index contributed by atoms with van der Waals surface area (Å²) in [6.07, 6.45) is 3.92. The van der Waals surface area contributed by atoms with E-state index in [-0.39, 0.29) is 18.4 Å². The Morgan fingerprint density at radius 3 is 2.55 bits per heavy atom. The average Bonchev–Trinajstić information content (AvgIpc) is 3.36. The van der Waals surface area contributed by atoms with Gasteiger partial charge in [-0.05, 0) is 50.3 Å². The number of nitrogens with zero attached hydrogens (tertiary/aromatic N) is 2. The Balaban J connectivity index is 1.34. The van der Waals surface area contributed by atoms with E-state index in [0.29, 0.717) is 48.3 Å². The van der Waals surface area contributed by atoms with Crippen molar-refractivity contribution in [2.24, 2.45) is 0 Å². The fourth-order valence-corrected chi connectivity index (χ4v) is 5.45. The summed E-state index contributed by atoms with van der Waals surface area (Å²) in [5.41, 5.74) is 1.54. The maximum Gasteiger partial charge on any atom is 0.341 e. The number of hydrogen-bond donors (Lipinski definition) is 1. The van der Waals surface area contributed by atoms with Crippen LogP contribution in [0.15, 0.2) is 16.5 Å². The van der Waals surface area contributed by atoms with Gasteiger partial charge in [-0.3, -0.25) is 14.5 Å². The fraction of sp³-hybridized carbons (Fsp3) is 0.500. The summed E-state index contributed by atoms with van der Waals surface area (Å²) < 4.78 is 10.4. The number of thiophene rings is 1. The van der Waals surface area contributed by atoms with Gasteiger partial charge in [0.15, 0.2) is 5.76 Å². The van der Waals surface area contributed by atoms with Crippen LogP contribution in [0.25, 0.3) is 0 Å². The molecule has 4 rings (SSSR count). The molecule has 2 aromatic heterocycles. The number of ether oxygens (including phenoxy) is 1. The van der Waals surface area contributed by atoms with E-state index in [9.17, 15) is 14.4 Å². The van der Waals surface area contributed by atoms with Crippen LogP contribution >= 0.6 is 11.3 Å². The smallest absolute Gasteiger partial charge is 0.341 e. The average molecular weight is 446 g/mol. The lowest BCUT2D eigenvalue weighted by molar-refractivity contribution is -0.117. The number of fused-ring (bicyclic) bond motifs is 1. The van der Waals surface area contributed by atoms with Crippen molar-refractivity contribution < 1.29 is 23.5 Å². The van der Waals surface area contributed by atoms with Gasteiger partial charge < -0.3 is 19.4 Å². The lowest BCUT2D eigenvalue weighted by Gasteiger charge is -2.33. The topological polar surface area (TPSA) is 92.1 Å². The number of rotatable bonds is 5. The highest BCUT2D eigenvalue weighted by Crippen LogP contribution is 2.38. The molecule has 2 aromatic rings. The molecular formula is C22H27N3O5S. The molecule has 1 aliphatic carbocycles. The van der Waals surface area contributed by atoms with E-state index in [0.717, 1.165) is 31.2 Å². The third kappa shape index (κ3) is 4.67. The molecule has 1 saturated heterocycles. The lowest BCUT2D eigenvalue weighted by Crippen LogP contribution is -2.50. The molecule has 1 aliphatic heterocycles. The molecular weight excluding hydrogens is 418 g/mol. The highest BCUT2D eigenvalue weighted by Gasteiger charge is 2.28. The van der Waals surface area contributed by atoms with Gasteiger partial charge in [0.25, 0.3) is 5.91 Å². The van der Waals surface area contributed by atoms with Gasteiger partial charge in [0.1, 0.15) is 10.8 Å². The Kier molecular flexibility index (Phi) is 6.43. The first kappa shape index (κ1) is 21.6. The van der Waals surface area contributed by atoms with Crippen LogP contribution in [0.3, 0.4) is 0 Å². The minimum Gasteiger partial charge on any atom is -0.465 e. The Bertz CT molecular complexity index is 987. The summed E-state index contributed by atoms with van der Waals surface area (Å²) >= 11 is 1.49. The molecule has 0 aromatic carbocycles. The third-order valence-electron chi connectivity index (χ3n) is 5.79. The number of methoxy groups -OCH3 is 1. The zero-order valence-corrected chi connectivity index (χ0v) is 18.7. The third-order valence-corrected chi connectivity index (χ3v) is 7.00. The molecule has 0 saturated carbocycles. The van der Waals surface area contributed by atoms with Gasteiger partial charge in [-0.25, -0.2) is 4.79 Å². The first-order valence-electron chi connectivity index (χ1n) is 10.6. The van der Waals surface area contributed by atoms with Gasteiger partial charge in [0.2, 0.25) is 5.91 Å².